The van der Waals surface area contributed by atoms with Crippen molar-refractivity contribution in [1.29, 1.82) is 0 Å². The fourth-order valence-corrected chi connectivity index (χ4v) is 2.48. The summed E-state index contributed by atoms with van der Waals surface area (Å²) in [6, 6.07) is 20.3. The number of aromatic amines is 1. The molecule has 4 aromatic rings. The second-order valence-corrected chi connectivity index (χ2v) is 5.31. The van der Waals surface area contributed by atoms with E-state index in [1.807, 2.05) is 48.7 Å². The molecule has 0 saturated heterocycles. The molecule has 2 aromatic carbocycles. The molecule has 1 N–H and O–H groups in total. The van der Waals surface area contributed by atoms with Crippen LogP contribution in [0.25, 0.3) is 10.9 Å². The molecular formula is C19H14N4. The third-order valence-corrected chi connectivity index (χ3v) is 3.58. The van der Waals surface area contributed by atoms with E-state index in [2.05, 4.69) is 45.3 Å². The summed E-state index contributed by atoms with van der Waals surface area (Å²) in [6.45, 7) is 0.696. The molecule has 0 amide bonds. The molecule has 0 aliphatic carbocycles. The molecule has 0 unspecified atom stereocenters. The van der Waals surface area contributed by atoms with Gasteiger partial charge in [0.1, 0.15) is 0 Å². The number of fused-ring (bicyclic) bond motifs is 1. The van der Waals surface area contributed by atoms with Crippen molar-refractivity contribution in [2.24, 2.45) is 0 Å². The molecule has 0 aliphatic heterocycles. The van der Waals surface area contributed by atoms with Gasteiger partial charge in [0.2, 0.25) is 0 Å². The van der Waals surface area contributed by atoms with E-state index in [9.17, 15) is 0 Å². The van der Waals surface area contributed by atoms with Crippen LogP contribution in [0, 0.1) is 11.8 Å². The molecule has 4 rings (SSSR count). The number of nitrogens with zero attached hydrogens (tertiary/aromatic N) is 3. The fraction of sp³-hybridized carbons (Fsp3) is 0.0526. The Labute approximate surface area is 133 Å². The molecule has 110 valence electrons. The monoisotopic (exact) mass is 298 g/mol. The average molecular weight is 298 g/mol. The summed E-state index contributed by atoms with van der Waals surface area (Å²) in [4.78, 5) is 3.28. The van der Waals surface area contributed by atoms with Gasteiger partial charge in [-0.1, -0.05) is 53.7 Å². The minimum absolute atomic E-state index is 0.666. The van der Waals surface area contributed by atoms with Gasteiger partial charge < -0.3 is 4.98 Å². The Balaban J connectivity index is 1.54. The molecule has 23 heavy (non-hydrogen) atoms. The molecule has 0 radical (unpaired) electrons. The number of rotatable bonds is 2. The van der Waals surface area contributed by atoms with Crippen molar-refractivity contribution in [3.63, 3.8) is 0 Å². The summed E-state index contributed by atoms with van der Waals surface area (Å²) in [6.07, 6.45) is 1.86. The molecule has 0 aliphatic rings. The lowest BCUT2D eigenvalue weighted by Crippen LogP contribution is -1.99. The Hall–Kier alpha value is -3.32. The van der Waals surface area contributed by atoms with Crippen LogP contribution >= 0.6 is 0 Å². The second-order valence-electron chi connectivity index (χ2n) is 5.31. The highest BCUT2D eigenvalue weighted by molar-refractivity contribution is 5.81. The van der Waals surface area contributed by atoms with Gasteiger partial charge in [0.05, 0.1) is 18.4 Å². The van der Waals surface area contributed by atoms with Gasteiger partial charge in [-0.05, 0) is 29.5 Å². The minimum atomic E-state index is 0.666. The van der Waals surface area contributed by atoms with Gasteiger partial charge in [0, 0.05) is 10.9 Å². The van der Waals surface area contributed by atoms with Crippen LogP contribution in [0.4, 0.5) is 0 Å². The highest BCUT2D eigenvalue weighted by Crippen LogP contribution is 2.13. The van der Waals surface area contributed by atoms with E-state index in [-0.39, 0.29) is 0 Å². The van der Waals surface area contributed by atoms with Crippen molar-refractivity contribution in [3.05, 3.63) is 83.8 Å². The van der Waals surface area contributed by atoms with Crippen LogP contribution in [0.1, 0.15) is 17.0 Å². The van der Waals surface area contributed by atoms with Gasteiger partial charge in [-0.2, -0.15) is 0 Å². The number of benzene rings is 2. The lowest BCUT2D eigenvalue weighted by atomic mass is 10.2. The number of aromatic nitrogens is 4. The second kappa shape index (κ2) is 5.82. The molecule has 2 aromatic heterocycles. The highest BCUT2D eigenvalue weighted by Gasteiger charge is 2.00. The molecule has 0 fully saturated rings. The smallest absolute Gasteiger partial charge is 0.155 e. The van der Waals surface area contributed by atoms with E-state index in [0.29, 0.717) is 12.2 Å². The largest absolute Gasteiger partial charge is 0.348 e. The summed E-state index contributed by atoms with van der Waals surface area (Å²) >= 11 is 0. The average Bonchev–Trinajstić information content (AvgIpc) is 3.20. The normalized spacial score (nSPS) is 10.4. The minimum Gasteiger partial charge on any atom is -0.348 e. The first kappa shape index (κ1) is 13.4. The standard InChI is InChI=1S/C19H14N4/c1-2-6-15(7-3-1)13-23-14-18(21-22-23)11-10-17-12-16-8-4-5-9-19(16)20-17/h1-9,12,14,20H,13H2. The summed E-state index contributed by atoms with van der Waals surface area (Å²) in [7, 11) is 0. The lowest BCUT2D eigenvalue weighted by Gasteiger charge is -1.98. The highest BCUT2D eigenvalue weighted by atomic mass is 15.4. The van der Waals surface area contributed by atoms with Crippen LogP contribution < -0.4 is 0 Å². The maximum atomic E-state index is 4.12. The zero-order chi connectivity index (χ0) is 15.5. The summed E-state index contributed by atoms with van der Waals surface area (Å²) in [5, 5.41) is 9.38. The Morgan fingerprint density at radius 2 is 1.78 bits per heavy atom. The predicted octanol–water partition coefficient (Wildman–Crippen LogP) is 3.21. The molecule has 0 spiro atoms. The van der Waals surface area contributed by atoms with Gasteiger partial charge >= 0.3 is 0 Å². The zero-order valence-corrected chi connectivity index (χ0v) is 12.4. The Bertz CT molecular complexity index is 967. The third kappa shape index (κ3) is 2.99. The lowest BCUT2D eigenvalue weighted by molar-refractivity contribution is 0.649. The van der Waals surface area contributed by atoms with Crippen LogP contribution in [-0.4, -0.2) is 20.0 Å². The summed E-state index contributed by atoms with van der Waals surface area (Å²) in [5.41, 5.74) is 3.82. The van der Waals surface area contributed by atoms with Crippen molar-refractivity contribution >= 4 is 10.9 Å². The maximum Gasteiger partial charge on any atom is 0.155 e. The SMILES string of the molecule is C(#Cc1cc2ccccc2[nH]1)c1cn(Cc2ccccc2)nn1. The van der Waals surface area contributed by atoms with Crippen LogP contribution in [0.2, 0.25) is 0 Å². The van der Waals surface area contributed by atoms with Crippen molar-refractivity contribution in [3.8, 4) is 11.8 Å². The van der Waals surface area contributed by atoms with Crippen LogP contribution in [-0.2, 0) is 6.54 Å². The fourth-order valence-electron chi connectivity index (χ4n) is 2.48. The molecule has 2 heterocycles. The number of nitrogens with one attached hydrogen (secondary N) is 1. The van der Waals surface area contributed by atoms with Crippen LogP contribution in [0.5, 0.6) is 0 Å². The number of para-hydroxylation sites is 1. The van der Waals surface area contributed by atoms with Crippen molar-refractivity contribution < 1.29 is 0 Å². The molecule has 4 heteroatoms. The van der Waals surface area contributed by atoms with E-state index in [4.69, 9.17) is 0 Å². The van der Waals surface area contributed by atoms with E-state index in [1.54, 1.807) is 4.68 Å². The van der Waals surface area contributed by atoms with Crippen molar-refractivity contribution in [2.75, 3.05) is 0 Å². The van der Waals surface area contributed by atoms with E-state index < -0.39 is 0 Å². The van der Waals surface area contributed by atoms with Gasteiger partial charge in [-0.3, -0.25) is 0 Å². The molecule has 0 saturated carbocycles. The first-order chi connectivity index (χ1) is 11.4. The summed E-state index contributed by atoms with van der Waals surface area (Å²) in [5.74, 6) is 6.16. The van der Waals surface area contributed by atoms with Gasteiger partial charge in [0.15, 0.2) is 5.69 Å². The van der Waals surface area contributed by atoms with Crippen molar-refractivity contribution in [1.82, 2.24) is 20.0 Å². The van der Waals surface area contributed by atoms with E-state index >= 15 is 0 Å². The molecule has 4 nitrogen and oxygen atoms in total. The molecule has 0 atom stereocenters. The first-order valence-corrected chi connectivity index (χ1v) is 7.41. The van der Waals surface area contributed by atoms with Gasteiger partial charge in [0.25, 0.3) is 0 Å². The number of H-pyrrole nitrogens is 1. The quantitative estimate of drug-likeness (QED) is 0.578. The predicted molar refractivity (Wildman–Crippen MR) is 89.8 cm³/mol. The molecule has 0 bridgehead atoms. The third-order valence-electron chi connectivity index (χ3n) is 3.58. The molecular weight excluding hydrogens is 284 g/mol. The van der Waals surface area contributed by atoms with Crippen LogP contribution in [0.15, 0.2) is 66.9 Å². The Kier molecular flexibility index (Phi) is 3.38. The zero-order valence-electron chi connectivity index (χ0n) is 12.4. The van der Waals surface area contributed by atoms with Crippen molar-refractivity contribution in [2.45, 2.75) is 6.54 Å². The summed E-state index contributed by atoms with van der Waals surface area (Å²) < 4.78 is 1.80. The van der Waals surface area contributed by atoms with Gasteiger partial charge in [-0.25, -0.2) is 4.68 Å². The Morgan fingerprint density at radius 1 is 0.957 bits per heavy atom. The topological polar surface area (TPSA) is 46.5 Å². The van der Waals surface area contributed by atoms with Crippen LogP contribution in [0.3, 0.4) is 0 Å². The van der Waals surface area contributed by atoms with E-state index in [0.717, 1.165) is 16.6 Å². The van der Waals surface area contributed by atoms with E-state index in [1.165, 1.54) is 5.56 Å². The first-order valence-electron chi connectivity index (χ1n) is 7.41. The maximum absolute atomic E-state index is 4.12. The van der Waals surface area contributed by atoms with Gasteiger partial charge in [-0.15, -0.1) is 5.10 Å². The number of hydrogen-bond donors (Lipinski definition) is 1. The number of hydrogen-bond acceptors (Lipinski definition) is 2. The Morgan fingerprint density at radius 3 is 2.65 bits per heavy atom.